The summed E-state index contributed by atoms with van der Waals surface area (Å²) in [6.45, 7) is 3.44. The Labute approximate surface area is 117 Å². The number of quaternary nitrogens is 1. The molecule has 118 valence electrons. The Kier molecular flexibility index (Phi) is 7.39. The number of hydrogen-bond donors (Lipinski definition) is 0. The van der Waals surface area contributed by atoms with Crippen LogP contribution in [0, 0.1) is 0 Å². The first kappa shape index (κ1) is 19.1. The number of alkyl halides is 3. The second-order valence-corrected chi connectivity index (χ2v) is 5.96. The maximum atomic E-state index is 10.7. The van der Waals surface area contributed by atoms with E-state index in [1.807, 2.05) is 12.5 Å². The lowest BCUT2D eigenvalue weighted by atomic mass is 10.2. The number of unbranched alkanes of at least 4 members (excludes halogenated alkanes) is 3. The van der Waals surface area contributed by atoms with Gasteiger partial charge in [0.2, 0.25) is 0 Å². The summed E-state index contributed by atoms with van der Waals surface area (Å²) in [6, 6.07) is 0. The van der Waals surface area contributed by atoms with Crippen LogP contribution in [-0.4, -0.2) is 42.9 Å². The lowest BCUT2D eigenvalue weighted by Crippen LogP contribution is -2.35. The number of halogens is 3. The molecule has 1 unspecified atom stereocenters. The van der Waals surface area contributed by atoms with Crippen molar-refractivity contribution in [2.45, 2.75) is 38.1 Å². The maximum absolute atomic E-state index is 10.7. The fraction of sp³-hybridized carbons (Fsp3) is 0.727. The first-order valence-corrected chi connectivity index (χ1v) is 7.52. The minimum absolute atomic E-state index is 0.893. The molecule has 1 aliphatic heterocycles. The van der Waals surface area contributed by atoms with E-state index in [1.54, 1.807) is 0 Å². The second kappa shape index (κ2) is 7.75. The number of hydrogen-bond acceptors (Lipinski definition) is 4. The topological polar surface area (TPSA) is 69.6 Å². The van der Waals surface area contributed by atoms with Crippen LogP contribution < -0.4 is 0 Å². The summed E-state index contributed by atoms with van der Waals surface area (Å²) in [5.41, 5.74) is -5.65. The molecule has 0 aromatic rings. The van der Waals surface area contributed by atoms with E-state index in [2.05, 4.69) is 25.2 Å². The molecule has 20 heavy (non-hydrogen) atoms. The molecule has 1 heterocycles. The summed E-state index contributed by atoms with van der Waals surface area (Å²) in [7, 11) is -3.90. The third kappa shape index (κ3) is 7.61. The second-order valence-electron chi connectivity index (χ2n) is 4.59. The van der Waals surface area contributed by atoms with E-state index < -0.39 is 15.6 Å². The van der Waals surface area contributed by atoms with Crippen molar-refractivity contribution in [3.8, 4) is 0 Å². The van der Waals surface area contributed by atoms with Gasteiger partial charge in [0, 0.05) is 0 Å². The summed E-state index contributed by atoms with van der Waals surface area (Å²) >= 11 is 0. The maximum Gasteiger partial charge on any atom is 0.485 e. The van der Waals surface area contributed by atoms with Crippen molar-refractivity contribution in [3.05, 3.63) is 12.4 Å². The van der Waals surface area contributed by atoms with Crippen LogP contribution in [-0.2, 0) is 10.1 Å². The Bertz CT molecular complexity index is 432. The van der Waals surface area contributed by atoms with E-state index in [4.69, 9.17) is 13.0 Å². The van der Waals surface area contributed by atoms with Gasteiger partial charge in [-0.25, -0.2) is 13.4 Å². The monoisotopic (exact) mass is 316 g/mol. The molecular weight excluding hydrogens is 297 g/mol. The normalized spacial score (nSPS) is 21.7. The van der Waals surface area contributed by atoms with Crippen LogP contribution in [0.5, 0.6) is 0 Å². The Morgan fingerprint density at radius 2 is 1.80 bits per heavy atom. The summed E-state index contributed by atoms with van der Waals surface area (Å²) in [4.78, 5) is 4.10. The number of aliphatic imine (C=N–C) groups is 1. The van der Waals surface area contributed by atoms with Crippen molar-refractivity contribution in [1.29, 1.82) is 0 Å². The first-order chi connectivity index (χ1) is 9.02. The van der Waals surface area contributed by atoms with E-state index in [1.165, 1.54) is 32.2 Å². The molecule has 0 aromatic carbocycles. The van der Waals surface area contributed by atoms with Crippen molar-refractivity contribution in [2.24, 2.45) is 4.99 Å². The predicted molar refractivity (Wildman–Crippen MR) is 68.6 cm³/mol. The molecule has 1 atom stereocenters. The molecule has 0 aromatic heterocycles. The molecule has 0 fully saturated rings. The van der Waals surface area contributed by atoms with Gasteiger partial charge in [-0.15, -0.1) is 0 Å². The average molecular weight is 316 g/mol. The minimum Gasteiger partial charge on any atom is -0.741 e. The van der Waals surface area contributed by atoms with E-state index in [-0.39, 0.29) is 0 Å². The fourth-order valence-electron chi connectivity index (χ4n) is 1.43. The summed E-state index contributed by atoms with van der Waals surface area (Å²) < 4.78 is 59.8. The molecule has 1 aliphatic rings. The molecule has 0 radical (unpaired) electrons. The quantitative estimate of drug-likeness (QED) is 0.339. The van der Waals surface area contributed by atoms with Crippen molar-refractivity contribution >= 4 is 16.5 Å². The largest absolute Gasteiger partial charge is 0.741 e. The molecule has 0 spiro atoms. The highest BCUT2D eigenvalue weighted by atomic mass is 32.2. The van der Waals surface area contributed by atoms with Gasteiger partial charge in [0.15, 0.2) is 16.5 Å². The zero-order valence-corrected chi connectivity index (χ0v) is 12.2. The van der Waals surface area contributed by atoms with Gasteiger partial charge in [-0.3, -0.25) is 4.48 Å². The van der Waals surface area contributed by atoms with Gasteiger partial charge in [-0.05, 0) is 12.8 Å². The van der Waals surface area contributed by atoms with Crippen LogP contribution in [0.25, 0.3) is 0 Å². The highest BCUT2D eigenvalue weighted by Crippen LogP contribution is 2.20. The van der Waals surface area contributed by atoms with E-state index >= 15 is 0 Å². The van der Waals surface area contributed by atoms with Gasteiger partial charge in [0.1, 0.15) is 6.20 Å². The molecule has 0 bridgehead atoms. The van der Waals surface area contributed by atoms with Gasteiger partial charge < -0.3 is 4.55 Å². The molecule has 9 heteroatoms. The van der Waals surface area contributed by atoms with Crippen molar-refractivity contribution < 1.29 is 30.6 Å². The Morgan fingerprint density at radius 1 is 1.25 bits per heavy atom. The zero-order chi connectivity index (χ0) is 15.9. The summed E-state index contributed by atoms with van der Waals surface area (Å²) in [5.74, 6) is 0. The van der Waals surface area contributed by atoms with Crippen molar-refractivity contribution in [3.63, 3.8) is 0 Å². The summed E-state index contributed by atoms with van der Waals surface area (Å²) in [5, 5.41) is 0. The van der Waals surface area contributed by atoms with Crippen LogP contribution in [0.4, 0.5) is 13.2 Å². The summed E-state index contributed by atoms with van der Waals surface area (Å²) in [6.07, 6.45) is 11.4. The lowest BCUT2D eigenvalue weighted by molar-refractivity contribution is -0.756. The standard InChI is InChI=1S/C10H19N2.CHF3O3S/c1-3-4-5-6-8-12(2)9-7-11-10-12;2-1(3,4)8(5,6)7/h7,9-10H,3-6,8H2,1-2H3;(H,5,6,7)/q+1;/p-1. The lowest BCUT2D eigenvalue weighted by Gasteiger charge is -2.21. The smallest absolute Gasteiger partial charge is 0.485 e. The third-order valence-corrected chi connectivity index (χ3v) is 3.17. The Balaban J connectivity index is 0.000000396. The highest BCUT2D eigenvalue weighted by Gasteiger charge is 2.36. The molecule has 0 N–H and O–H groups in total. The Morgan fingerprint density at radius 3 is 2.15 bits per heavy atom. The molecule has 0 saturated carbocycles. The van der Waals surface area contributed by atoms with Crippen LogP contribution in [0.3, 0.4) is 0 Å². The predicted octanol–water partition coefficient (Wildman–Crippen LogP) is 2.58. The third-order valence-electron chi connectivity index (χ3n) is 2.60. The average Bonchev–Trinajstić information content (AvgIpc) is 2.70. The van der Waals surface area contributed by atoms with Gasteiger partial charge in [0.05, 0.1) is 19.8 Å². The SMILES string of the molecule is CCCCCC[N+]1(C)C=CN=C1.O=S(=O)([O-])C(F)(F)F. The molecule has 1 rings (SSSR count). The van der Waals surface area contributed by atoms with E-state index in [0.717, 1.165) is 4.48 Å². The fourth-order valence-corrected chi connectivity index (χ4v) is 1.43. The van der Waals surface area contributed by atoms with Crippen molar-refractivity contribution in [1.82, 2.24) is 0 Å². The molecule has 0 saturated heterocycles. The van der Waals surface area contributed by atoms with Gasteiger partial charge >= 0.3 is 5.51 Å². The molecule has 0 aliphatic carbocycles. The van der Waals surface area contributed by atoms with Gasteiger partial charge in [0.25, 0.3) is 0 Å². The van der Waals surface area contributed by atoms with E-state index in [0.29, 0.717) is 0 Å². The van der Waals surface area contributed by atoms with Crippen molar-refractivity contribution in [2.75, 3.05) is 13.6 Å². The zero-order valence-electron chi connectivity index (χ0n) is 11.4. The van der Waals surface area contributed by atoms with Crippen LogP contribution >= 0.6 is 0 Å². The van der Waals surface area contributed by atoms with Crippen LogP contribution in [0.1, 0.15) is 32.6 Å². The number of nitrogens with zero attached hydrogens (tertiary/aromatic N) is 2. The van der Waals surface area contributed by atoms with Crippen LogP contribution in [0.2, 0.25) is 0 Å². The van der Waals surface area contributed by atoms with E-state index in [9.17, 15) is 13.2 Å². The highest BCUT2D eigenvalue weighted by molar-refractivity contribution is 7.86. The first-order valence-electron chi connectivity index (χ1n) is 6.11. The minimum atomic E-state index is -6.09. The molecule has 5 nitrogen and oxygen atoms in total. The van der Waals surface area contributed by atoms with Gasteiger partial charge in [-0.2, -0.15) is 13.2 Å². The molecule has 0 amide bonds. The van der Waals surface area contributed by atoms with Crippen LogP contribution in [0.15, 0.2) is 17.4 Å². The molecular formula is C11H19F3N2O3S. The van der Waals surface area contributed by atoms with Gasteiger partial charge in [-0.1, -0.05) is 19.8 Å². The number of rotatable bonds is 5. The Hall–Kier alpha value is -0.930.